The third-order valence-electron chi connectivity index (χ3n) is 11.6. The summed E-state index contributed by atoms with van der Waals surface area (Å²) in [6.45, 7) is 4.59. The Bertz CT molecular complexity index is 2800. The highest BCUT2D eigenvalue weighted by molar-refractivity contribution is 5.95. The van der Waals surface area contributed by atoms with Gasteiger partial charge in [0, 0.05) is 84.1 Å². The smallest absolute Gasteiger partial charge is 0.251 e. The minimum atomic E-state index is -0.901. The fraction of sp³-hybridized carbons (Fsp3) is 0.292. The lowest BCUT2D eigenvalue weighted by Crippen LogP contribution is -2.43. The number of rotatable bonds is 11. The SMILES string of the molecule is CN1CCC(NC(=O)c2cccc(Nc3nccc(-c4cnc(N5CCC(F)C5)c(C#N)c4)n3)c2)CC1.N#Cc1cc(-c2ccnc(Nc3cccc(C(N)=O)c3)n2)cnc1N1CCCC1. The van der Waals surface area contributed by atoms with Gasteiger partial charge in [-0.15, -0.1) is 0 Å². The minimum absolute atomic E-state index is 0.0971. The van der Waals surface area contributed by atoms with Crippen molar-refractivity contribution in [3.63, 3.8) is 0 Å². The number of carbonyl (C=O) groups is 2. The van der Waals surface area contributed by atoms with Crippen LogP contribution in [0.5, 0.6) is 0 Å². The molecule has 4 aromatic heterocycles. The van der Waals surface area contributed by atoms with Crippen LogP contribution in [-0.2, 0) is 0 Å². The Morgan fingerprint density at radius 2 is 1.24 bits per heavy atom. The first-order valence-corrected chi connectivity index (χ1v) is 21.8. The van der Waals surface area contributed by atoms with Gasteiger partial charge in [-0.25, -0.2) is 34.3 Å². The molecular formula is C48H48FN15O2. The van der Waals surface area contributed by atoms with Crippen LogP contribution in [0.4, 0.5) is 39.3 Å². The zero-order chi connectivity index (χ0) is 46.0. The highest BCUT2D eigenvalue weighted by Gasteiger charge is 2.26. The van der Waals surface area contributed by atoms with Crippen LogP contribution in [0.3, 0.4) is 0 Å². The number of primary amides is 1. The number of nitrogens with zero attached hydrogens (tertiary/aromatic N) is 11. The van der Waals surface area contributed by atoms with E-state index in [0.717, 1.165) is 63.2 Å². The summed E-state index contributed by atoms with van der Waals surface area (Å²) < 4.78 is 13.7. The van der Waals surface area contributed by atoms with Crippen molar-refractivity contribution in [1.82, 2.24) is 40.1 Å². The first kappa shape index (κ1) is 44.5. The summed E-state index contributed by atoms with van der Waals surface area (Å²) in [5, 5.41) is 28.6. The molecule has 18 heteroatoms. The van der Waals surface area contributed by atoms with Crippen molar-refractivity contribution in [3.05, 3.63) is 120 Å². The molecule has 1 atom stereocenters. The van der Waals surface area contributed by atoms with Crippen LogP contribution in [0.1, 0.15) is 63.9 Å². The van der Waals surface area contributed by atoms with Crippen LogP contribution in [-0.4, -0.2) is 105 Å². The summed E-state index contributed by atoms with van der Waals surface area (Å²) in [5.41, 5.74) is 11.2. The fourth-order valence-electron chi connectivity index (χ4n) is 8.03. The van der Waals surface area contributed by atoms with E-state index in [2.05, 4.69) is 74.8 Å². The Hall–Kier alpha value is -8.09. The molecule has 0 spiro atoms. The zero-order valence-corrected chi connectivity index (χ0v) is 36.4. The van der Waals surface area contributed by atoms with Crippen LogP contribution < -0.4 is 31.5 Å². The summed E-state index contributed by atoms with van der Waals surface area (Å²) in [5.74, 6) is 1.34. The fourth-order valence-corrected chi connectivity index (χ4v) is 8.03. The molecule has 0 aliphatic carbocycles. The van der Waals surface area contributed by atoms with Crippen molar-refractivity contribution in [2.75, 3.05) is 66.7 Å². The molecule has 334 valence electrons. The molecule has 17 nitrogen and oxygen atoms in total. The summed E-state index contributed by atoms with van der Waals surface area (Å²) in [4.78, 5) is 57.0. The minimum Gasteiger partial charge on any atom is -0.366 e. The van der Waals surface area contributed by atoms with Crippen molar-refractivity contribution < 1.29 is 14.0 Å². The van der Waals surface area contributed by atoms with E-state index in [-0.39, 0.29) is 18.5 Å². The van der Waals surface area contributed by atoms with Gasteiger partial charge in [-0.2, -0.15) is 10.5 Å². The predicted molar refractivity (Wildman–Crippen MR) is 249 cm³/mol. The molecule has 3 fully saturated rings. The van der Waals surface area contributed by atoms with Gasteiger partial charge >= 0.3 is 0 Å². The average molecular weight is 886 g/mol. The molecule has 1 unspecified atom stereocenters. The number of halogens is 1. The Balaban J connectivity index is 0.000000185. The largest absolute Gasteiger partial charge is 0.366 e. The first-order valence-electron chi connectivity index (χ1n) is 21.8. The van der Waals surface area contributed by atoms with E-state index in [0.29, 0.717) is 81.3 Å². The van der Waals surface area contributed by atoms with E-state index >= 15 is 0 Å². The summed E-state index contributed by atoms with van der Waals surface area (Å²) in [6.07, 6.45) is 10.3. The molecule has 0 radical (unpaired) electrons. The number of nitrogens with two attached hydrogens (primary N) is 1. The highest BCUT2D eigenvalue weighted by Crippen LogP contribution is 2.29. The standard InChI is InChI=1S/C27H29FN8O.C21H19N7O/c1-35-10-7-22(8-11-35)32-26(37)18-3-2-4-23(14-18)33-27-30-9-5-24(34-27)20-13-19(15-29)25(31-16-20)36-12-6-21(28)17-36;22-12-15-10-16(13-25-20(15)28-8-1-2-9-28)18-6-7-24-21(27-18)26-17-5-3-4-14(11-17)19(23)29/h2-5,9,13-14,16,21-22H,6-8,10-12,17H2,1H3,(H,32,37)(H,30,33,34);3-7,10-11,13H,1-2,8-9H2,(H2,23,29)(H,24,26,27). The first-order chi connectivity index (χ1) is 32.1. The average Bonchev–Trinajstić information content (AvgIpc) is 4.05. The van der Waals surface area contributed by atoms with Gasteiger partial charge in [0.25, 0.3) is 5.91 Å². The molecule has 9 rings (SSSR count). The number of nitriles is 2. The van der Waals surface area contributed by atoms with Crippen molar-refractivity contribution >= 4 is 46.7 Å². The molecule has 2 aromatic carbocycles. The highest BCUT2D eigenvalue weighted by atomic mass is 19.1. The predicted octanol–water partition coefficient (Wildman–Crippen LogP) is 6.38. The maximum Gasteiger partial charge on any atom is 0.251 e. The number of aromatic nitrogens is 6. The topological polar surface area (TPSA) is 231 Å². The van der Waals surface area contributed by atoms with Crippen molar-refractivity contribution in [2.24, 2.45) is 5.73 Å². The van der Waals surface area contributed by atoms with Gasteiger partial charge in [-0.3, -0.25) is 9.59 Å². The number of hydrogen-bond donors (Lipinski definition) is 4. The second-order valence-corrected chi connectivity index (χ2v) is 16.3. The number of carbonyl (C=O) groups excluding carboxylic acids is 2. The molecule has 2 amide bonds. The molecule has 3 aliphatic rings. The zero-order valence-electron chi connectivity index (χ0n) is 36.4. The number of nitrogens with one attached hydrogen (secondary N) is 3. The maximum atomic E-state index is 13.7. The van der Waals surface area contributed by atoms with Gasteiger partial charge in [0.15, 0.2) is 0 Å². The molecule has 5 N–H and O–H groups in total. The number of piperidine rings is 1. The number of hydrogen-bond acceptors (Lipinski definition) is 15. The number of likely N-dealkylation sites (tertiary alicyclic amines) is 1. The summed E-state index contributed by atoms with van der Waals surface area (Å²) in [6, 6.07) is 25.7. The normalized spacial score (nSPS) is 16.1. The lowest BCUT2D eigenvalue weighted by Gasteiger charge is -2.29. The van der Waals surface area contributed by atoms with Crippen LogP contribution in [0.15, 0.2) is 97.6 Å². The number of amides is 2. The molecule has 3 saturated heterocycles. The second kappa shape index (κ2) is 20.6. The molecule has 7 heterocycles. The Morgan fingerprint density at radius 1 is 0.697 bits per heavy atom. The summed E-state index contributed by atoms with van der Waals surface area (Å²) in [7, 11) is 2.09. The maximum absolute atomic E-state index is 13.7. The van der Waals surface area contributed by atoms with Crippen LogP contribution in [0, 0.1) is 22.7 Å². The van der Waals surface area contributed by atoms with Crippen LogP contribution >= 0.6 is 0 Å². The number of alkyl halides is 1. The number of benzene rings is 2. The lowest BCUT2D eigenvalue weighted by atomic mass is 10.0. The third-order valence-corrected chi connectivity index (χ3v) is 11.6. The third kappa shape index (κ3) is 11.0. The molecule has 0 saturated carbocycles. The van der Waals surface area contributed by atoms with Gasteiger partial charge in [0.05, 0.1) is 29.1 Å². The van der Waals surface area contributed by atoms with E-state index in [4.69, 9.17) is 5.73 Å². The van der Waals surface area contributed by atoms with E-state index in [1.165, 1.54) is 0 Å². The Kier molecular flexibility index (Phi) is 13.9. The molecular weight excluding hydrogens is 838 g/mol. The van der Waals surface area contributed by atoms with Crippen molar-refractivity contribution in [1.29, 1.82) is 10.5 Å². The molecule has 66 heavy (non-hydrogen) atoms. The van der Waals surface area contributed by atoms with E-state index in [9.17, 15) is 24.5 Å². The van der Waals surface area contributed by atoms with Crippen molar-refractivity contribution in [3.8, 4) is 34.7 Å². The van der Waals surface area contributed by atoms with Gasteiger partial charge in [-0.1, -0.05) is 12.1 Å². The Labute approximate surface area is 381 Å². The van der Waals surface area contributed by atoms with E-state index in [1.807, 2.05) is 12.1 Å². The second-order valence-electron chi connectivity index (χ2n) is 16.3. The Morgan fingerprint density at radius 3 is 1.77 bits per heavy atom. The molecule has 0 bridgehead atoms. The lowest BCUT2D eigenvalue weighted by molar-refractivity contribution is 0.0916. The van der Waals surface area contributed by atoms with Gasteiger partial charge in [0.1, 0.15) is 29.9 Å². The van der Waals surface area contributed by atoms with Gasteiger partial charge in [-0.05, 0) is 113 Å². The van der Waals surface area contributed by atoms with Crippen LogP contribution in [0.25, 0.3) is 22.5 Å². The summed E-state index contributed by atoms with van der Waals surface area (Å²) >= 11 is 0. The van der Waals surface area contributed by atoms with Gasteiger partial charge < -0.3 is 36.4 Å². The van der Waals surface area contributed by atoms with E-state index in [1.54, 1.807) is 90.4 Å². The molecule has 3 aliphatic heterocycles. The van der Waals surface area contributed by atoms with Crippen molar-refractivity contribution in [2.45, 2.75) is 44.3 Å². The van der Waals surface area contributed by atoms with E-state index < -0.39 is 12.1 Å². The van der Waals surface area contributed by atoms with Gasteiger partial charge in [0.2, 0.25) is 17.8 Å². The monoisotopic (exact) mass is 885 g/mol. The van der Waals surface area contributed by atoms with Crippen LogP contribution in [0.2, 0.25) is 0 Å². The molecule has 6 aromatic rings. The quantitative estimate of drug-likeness (QED) is 0.111. The number of anilines is 6. The number of pyridine rings is 2.